The van der Waals surface area contributed by atoms with Crippen molar-refractivity contribution in [1.82, 2.24) is 24.7 Å². The van der Waals surface area contributed by atoms with Crippen LogP contribution in [0.4, 0.5) is 32.2 Å². The molecule has 1 N–H and O–H groups in total. The second kappa shape index (κ2) is 16.5. The van der Waals surface area contributed by atoms with E-state index in [-0.39, 0.29) is 81.8 Å². The van der Waals surface area contributed by atoms with E-state index in [0.29, 0.717) is 38.3 Å². The van der Waals surface area contributed by atoms with E-state index in [4.69, 9.17) is 0 Å². The molecule has 4 aromatic rings. The van der Waals surface area contributed by atoms with Crippen LogP contribution in [0.15, 0.2) is 73.1 Å². The number of alkyl halides is 6. The quantitative estimate of drug-likeness (QED) is 0.225. The van der Waals surface area contributed by atoms with Crippen molar-refractivity contribution in [1.29, 1.82) is 0 Å². The number of hydrogen-bond donors (Lipinski definition) is 1. The third kappa shape index (κ3) is 9.14. The Labute approximate surface area is 303 Å². The van der Waals surface area contributed by atoms with Gasteiger partial charge < -0.3 is 19.7 Å². The summed E-state index contributed by atoms with van der Waals surface area (Å²) in [6.07, 6.45) is -6.39. The van der Waals surface area contributed by atoms with E-state index in [9.17, 15) is 35.9 Å². The molecule has 1 unspecified atom stereocenters. The van der Waals surface area contributed by atoms with Gasteiger partial charge in [0.25, 0.3) is 5.91 Å². The van der Waals surface area contributed by atoms with Crippen molar-refractivity contribution < 1.29 is 35.9 Å². The molecule has 8 nitrogen and oxygen atoms in total. The molecule has 0 radical (unpaired) electrons. The zero-order valence-electron chi connectivity index (χ0n) is 26.4. The summed E-state index contributed by atoms with van der Waals surface area (Å²) < 4.78 is 81.7. The fourth-order valence-electron chi connectivity index (χ4n) is 6.32. The van der Waals surface area contributed by atoms with Crippen LogP contribution in [0.25, 0.3) is 10.9 Å². The van der Waals surface area contributed by atoms with Crippen LogP contribution in [-0.2, 0) is 23.6 Å². The highest BCUT2D eigenvalue weighted by Crippen LogP contribution is 2.37. The average molecular weight is 768 g/mol. The topological polar surface area (TPSA) is 75.8 Å². The lowest BCUT2D eigenvalue weighted by atomic mass is 9.98. The Bertz CT molecular complexity index is 1720. The molecule has 0 aliphatic carbocycles. The highest BCUT2D eigenvalue weighted by molar-refractivity contribution is 5.95. The predicted molar refractivity (Wildman–Crippen MR) is 184 cm³/mol. The number of nitrogens with one attached hydrogen (secondary N) is 1. The Hall–Kier alpha value is -3.72. The van der Waals surface area contributed by atoms with Gasteiger partial charge in [0.1, 0.15) is 5.82 Å². The number of aromatic nitrogens is 2. The molecular weight excluding hydrogens is 733 g/mol. The first-order valence-electron chi connectivity index (χ1n) is 15.2. The summed E-state index contributed by atoms with van der Waals surface area (Å²) in [6, 6.07) is 13.5. The Kier molecular flexibility index (Phi) is 13.5. The maximum atomic E-state index is 13.8. The van der Waals surface area contributed by atoms with Gasteiger partial charge in [-0.15, -0.1) is 37.2 Å². The van der Waals surface area contributed by atoms with Crippen LogP contribution in [0.5, 0.6) is 0 Å². The van der Waals surface area contributed by atoms with Gasteiger partial charge in [-0.25, -0.2) is 4.98 Å². The number of amides is 2. The molecule has 2 aliphatic heterocycles. The van der Waals surface area contributed by atoms with Gasteiger partial charge >= 0.3 is 12.4 Å². The van der Waals surface area contributed by atoms with Crippen molar-refractivity contribution in [2.75, 3.05) is 57.3 Å². The Morgan fingerprint density at radius 1 is 0.800 bits per heavy atom. The normalized spacial score (nSPS) is 17.1. The standard InChI is InChI=1S/C33H32F6N6O2.3ClH/c34-32(35,36)24-15-22(16-25(18-24)33(37,38)39)31(47)45-14-9-42(20-26(45)17-23-19-41-28-6-2-1-5-27(23)28)21-30(46)44-12-10-43(11-13-44)29-7-3-4-8-40-29;;;/h1-8,15-16,18-19,26,41H,9-14,17,20-21H2;3*1H. The lowest BCUT2D eigenvalue weighted by Crippen LogP contribution is -2.58. The molecule has 17 heteroatoms. The number of piperazine rings is 2. The molecule has 0 bridgehead atoms. The van der Waals surface area contributed by atoms with Crippen molar-refractivity contribution in [3.05, 3.63) is 95.3 Å². The zero-order chi connectivity index (χ0) is 33.3. The molecule has 0 spiro atoms. The number of halogens is 9. The third-order valence-electron chi connectivity index (χ3n) is 8.76. The molecule has 2 aromatic carbocycles. The second-order valence-corrected chi connectivity index (χ2v) is 11.8. The summed E-state index contributed by atoms with van der Waals surface area (Å²) in [5, 5.41) is 0.886. The number of para-hydroxylation sites is 1. The number of aromatic amines is 1. The molecule has 2 fully saturated rings. The van der Waals surface area contributed by atoms with E-state index in [0.717, 1.165) is 22.3 Å². The number of pyridine rings is 1. The number of H-pyrrole nitrogens is 1. The van der Waals surface area contributed by atoms with Gasteiger partial charge in [0.05, 0.1) is 17.7 Å². The van der Waals surface area contributed by atoms with E-state index in [1.165, 1.54) is 4.90 Å². The van der Waals surface area contributed by atoms with Crippen LogP contribution < -0.4 is 4.90 Å². The SMILES string of the molecule is Cl.Cl.Cl.O=C(CN1CCN(C(=O)c2cc(C(F)(F)F)cc(C(F)(F)F)c2)C(Cc2c[nH]c3ccccc23)C1)N1CCN(c2ccccn2)CC1. The molecule has 2 aliphatic rings. The van der Waals surface area contributed by atoms with Gasteiger partial charge in [0.15, 0.2) is 0 Å². The Morgan fingerprint density at radius 2 is 1.44 bits per heavy atom. The zero-order valence-corrected chi connectivity index (χ0v) is 28.9. The monoisotopic (exact) mass is 766 g/mol. The van der Waals surface area contributed by atoms with Gasteiger partial charge in [0, 0.05) is 80.7 Å². The lowest BCUT2D eigenvalue weighted by Gasteiger charge is -2.42. The molecule has 2 aromatic heterocycles. The highest BCUT2D eigenvalue weighted by Gasteiger charge is 2.39. The molecule has 1 atom stereocenters. The molecule has 2 saturated heterocycles. The van der Waals surface area contributed by atoms with Crippen LogP contribution in [0, 0.1) is 0 Å². The molecule has 272 valence electrons. The van der Waals surface area contributed by atoms with Gasteiger partial charge in [0.2, 0.25) is 5.91 Å². The smallest absolute Gasteiger partial charge is 0.361 e. The van der Waals surface area contributed by atoms with Gasteiger partial charge in [-0.1, -0.05) is 24.3 Å². The summed E-state index contributed by atoms with van der Waals surface area (Å²) in [4.78, 5) is 41.8. The van der Waals surface area contributed by atoms with E-state index in [1.807, 2.05) is 47.4 Å². The minimum absolute atomic E-state index is 0. The second-order valence-electron chi connectivity index (χ2n) is 11.8. The number of fused-ring (bicyclic) bond motifs is 1. The fourth-order valence-corrected chi connectivity index (χ4v) is 6.32. The summed E-state index contributed by atoms with van der Waals surface area (Å²) in [7, 11) is 0. The first-order valence-corrected chi connectivity index (χ1v) is 15.2. The van der Waals surface area contributed by atoms with Gasteiger partial charge in [-0.2, -0.15) is 26.3 Å². The van der Waals surface area contributed by atoms with Crippen LogP contribution in [0.3, 0.4) is 0 Å². The maximum Gasteiger partial charge on any atom is 0.416 e. The summed E-state index contributed by atoms with van der Waals surface area (Å²) in [5.41, 5.74) is -2.10. The minimum atomic E-state index is -5.08. The maximum absolute atomic E-state index is 13.8. The van der Waals surface area contributed by atoms with Crippen molar-refractivity contribution in [2.45, 2.75) is 24.8 Å². The molecule has 6 rings (SSSR count). The lowest BCUT2D eigenvalue weighted by molar-refractivity contribution is -0.143. The number of carbonyl (C=O) groups excluding carboxylic acids is 2. The van der Waals surface area contributed by atoms with Crippen molar-refractivity contribution >= 4 is 65.8 Å². The number of anilines is 1. The van der Waals surface area contributed by atoms with Crippen molar-refractivity contribution in [3.8, 4) is 0 Å². The molecule has 0 saturated carbocycles. The molecule has 2 amide bonds. The van der Waals surface area contributed by atoms with Crippen LogP contribution in [0.2, 0.25) is 0 Å². The molecule has 4 heterocycles. The Balaban J connectivity index is 0.00000225. The van der Waals surface area contributed by atoms with E-state index >= 15 is 0 Å². The summed E-state index contributed by atoms with van der Waals surface area (Å²) in [6.45, 7) is 2.75. The van der Waals surface area contributed by atoms with E-state index in [1.54, 1.807) is 17.3 Å². The molecule has 50 heavy (non-hydrogen) atoms. The largest absolute Gasteiger partial charge is 0.416 e. The van der Waals surface area contributed by atoms with E-state index < -0.39 is 41.0 Å². The summed E-state index contributed by atoms with van der Waals surface area (Å²) in [5.74, 6) is -0.185. The number of benzene rings is 2. The third-order valence-corrected chi connectivity index (χ3v) is 8.76. The first-order chi connectivity index (χ1) is 22.4. The van der Waals surface area contributed by atoms with E-state index in [2.05, 4.69) is 14.9 Å². The van der Waals surface area contributed by atoms with Crippen LogP contribution >= 0.6 is 37.2 Å². The summed E-state index contributed by atoms with van der Waals surface area (Å²) >= 11 is 0. The number of rotatable bonds is 6. The average Bonchev–Trinajstić information content (AvgIpc) is 3.46. The minimum Gasteiger partial charge on any atom is -0.361 e. The van der Waals surface area contributed by atoms with Gasteiger partial charge in [-0.3, -0.25) is 14.5 Å². The van der Waals surface area contributed by atoms with Gasteiger partial charge in [-0.05, 0) is 48.4 Å². The first kappa shape index (κ1) is 40.7. The predicted octanol–water partition coefficient (Wildman–Crippen LogP) is 6.58. The molecular formula is C33H35Cl3F6N6O2. The van der Waals surface area contributed by atoms with Crippen molar-refractivity contribution in [3.63, 3.8) is 0 Å². The fraction of sp³-hybridized carbons (Fsp3) is 0.364. The highest BCUT2D eigenvalue weighted by atomic mass is 35.5. The van der Waals surface area contributed by atoms with Crippen LogP contribution in [-0.4, -0.2) is 94.9 Å². The number of hydrogen-bond acceptors (Lipinski definition) is 5. The van der Waals surface area contributed by atoms with Crippen LogP contribution in [0.1, 0.15) is 27.0 Å². The number of carbonyl (C=O) groups is 2. The number of nitrogens with zero attached hydrogens (tertiary/aromatic N) is 5. The Morgan fingerprint density at radius 3 is 2.06 bits per heavy atom. The van der Waals surface area contributed by atoms with Crippen molar-refractivity contribution in [2.24, 2.45) is 0 Å².